The lowest BCUT2D eigenvalue weighted by Gasteiger charge is -2.28. The first-order valence-corrected chi connectivity index (χ1v) is 21.5. The molecule has 12 aromatic rings. The Kier molecular flexibility index (Phi) is 8.83. The Hall–Kier alpha value is -8.40. The first-order valence-electron chi connectivity index (χ1n) is 21.5. The van der Waals surface area contributed by atoms with E-state index in [1.54, 1.807) is 0 Å². The lowest BCUT2D eigenvalue weighted by Crippen LogP contribution is -2.11. The fraction of sp³-hybridized carbons (Fsp3) is 0. The van der Waals surface area contributed by atoms with Crippen molar-refractivity contribution in [2.75, 3.05) is 4.90 Å². The smallest absolute Gasteiger partial charge is 0.135 e. The van der Waals surface area contributed by atoms with Gasteiger partial charge in [0.1, 0.15) is 11.2 Å². The molecule has 0 fully saturated rings. The van der Waals surface area contributed by atoms with Crippen molar-refractivity contribution in [2.24, 2.45) is 0 Å². The molecule has 2 heterocycles. The molecule has 0 spiro atoms. The van der Waals surface area contributed by atoms with Crippen molar-refractivity contribution in [3.8, 4) is 50.2 Å². The summed E-state index contributed by atoms with van der Waals surface area (Å²) in [6, 6.07) is 87.2. The minimum atomic E-state index is 0.892. The summed E-state index contributed by atoms with van der Waals surface area (Å²) in [7, 11) is 0. The highest BCUT2D eigenvalue weighted by atomic mass is 16.3. The fourth-order valence-corrected chi connectivity index (χ4v) is 9.45. The maximum absolute atomic E-state index is 6.23. The van der Waals surface area contributed by atoms with Crippen LogP contribution in [0.2, 0.25) is 0 Å². The summed E-state index contributed by atoms with van der Waals surface area (Å²) in [5.41, 5.74) is 17.9. The number of hydrogen-bond acceptors (Lipinski definition) is 2. The van der Waals surface area contributed by atoms with Gasteiger partial charge >= 0.3 is 0 Å². The van der Waals surface area contributed by atoms with Gasteiger partial charge in [0.05, 0.1) is 16.7 Å². The van der Waals surface area contributed by atoms with E-state index in [0.717, 1.165) is 66.8 Å². The van der Waals surface area contributed by atoms with E-state index < -0.39 is 0 Å². The molecule has 0 amide bonds. The molecule has 0 aliphatic carbocycles. The van der Waals surface area contributed by atoms with Crippen LogP contribution in [-0.4, -0.2) is 4.57 Å². The molecule has 12 rings (SSSR count). The summed E-state index contributed by atoms with van der Waals surface area (Å²) >= 11 is 0. The molecule has 63 heavy (non-hydrogen) atoms. The van der Waals surface area contributed by atoms with Crippen LogP contribution in [0.3, 0.4) is 0 Å². The Morgan fingerprint density at radius 1 is 0.317 bits per heavy atom. The Bertz CT molecular complexity index is 3600. The Balaban J connectivity index is 0.995. The Morgan fingerprint density at radius 3 is 1.65 bits per heavy atom. The van der Waals surface area contributed by atoms with Gasteiger partial charge in [-0.25, -0.2) is 0 Å². The highest BCUT2D eigenvalue weighted by molar-refractivity contribution is 6.16. The van der Waals surface area contributed by atoms with Crippen LogP contribution in [0.5, 0.6) is 0 Å². The molecule has 0 radical (unpaired) electrons. The lowest BCUT2D eigenvalue weighted by atomic mass is 9.97. The molecule has 3 nitrogen and oxygen atoms in total. The number of nitrogens with zero attached hydrogens (tertiary/aromatic N) is 2. The van der Waals surface area contributed by atoms with Crippen LogP contribution in [0.4, 0.5) is 17.1 Å². The zero-order chi connectivity index (χ0) is 41.7. The number of furan rings is 1. The van der Waals surface area contributed by atoms with Gasteiger partial charge in [-0.05, 0) is 106 Å². The van der Waals surface area contributed by atoms with Gasteiger partial charge in [0.2, 0.25) is 0 Å². The Morgan fingerprint density at radius 2 is 0.873 bits per heavy atom. The third-order valence-electron chi connectivity index (χ3n) is 12.4. The van der Waals surface area contributed by atoms with E-state index in [2.05, 4.69) is 240 Å². The van der Waals surface area contributed by atoms with Crippen molar-refractivity contribution in [2.45, 2.75) is 0 Å². The second-order valence-electron chi connectivity index (χ2n) is 16.1. The van der Waals surface area contributed by atoms with E-state index in [0.29, 0.717) is 0 Å². The molecule has 0 N–H and O–H groups in total. The summed E-state index contributed by atoms with van der Waals surface area (Å²) in [6.07, 6.45) is 0. The number of para-hydroxylation sites is 3. The zero-order valence-corrected chi connectivity index (χ0v) is 34.4. The van der Waals surface area contributed by atoms with Crippen LogP contribution in [0, 0.1) is 0 Å². The third-order valence-corrected chi connectivity index (χ3v) is 12.4. The van der Waals surface area contributed by atoms with Crippen molar-refractivity contribution < 1.29 is 4.42 Å². The SMILES string of the molecule is c1ccc(-c2ccc(-c3ccc(N(c4cccc(-c5cccc6c5c5ccccc5n6-c5ccc6oc7ccccc7c6c5)c4)c4ccccc4-c4ccccc4)cc3)cc2)cc1. The van der Waals surface area contributed by atoms with Gasteiger partial charge in [-0.15, -0.1) is 0 Å². The minimum Gasteiger partial charge on any atom is -0.456 e. The van der Waals surface area contributed by atoms with Crippen LogP contribution in [0.25, 0.3) is 93.9 Å². The predicted molar refractivity (Wildman–Crippen MR) is 264 cm³/mol. The van der Waals surface area contributed by atoms with Gasteiger partial charge in [-0.3, -0.25) is 0 Å². The highest BCUT2D eigenvalue weighted by Gasteiger charge is 2.21. The number of hydrogen-bond donors (Lipinski definition) is 0. The third kappa shape index (κ3) is 6.38. The van der Waals surface area contributed by atoms with Crippen LogP contribution in [0.1, 0.15) is 0 Å². The molecular formula is C60H40N2O. The molecule has 0 bridgehead atoms. The average Bonchev–Trinajstić information content (AvgIpc) is 3.91. The van der Waals surface area contributed by atoms with E-state index in [4.69, 9.17) is 4.42 Å². The number of benzene rings is 10. The van der Waals surface area contributed by atoms with E-state index >= 15 is 0 Å². The second-order valence-corrected chi connectivity index (χ2v) is 16.1. The molecule has 296 valence electrons. The van der Waals surface area contributed by atoms with E-state index in [1.165, 1.54) is 44.2 Å². The van der Waals surface area contributed by atoms with Crippen molar-refractivity contribution >= 4 is 60.8 Å². The fourth-order valence-electron chi connectivity index (χ4n) is 9.45. The van der Waals surface area contributed by atoms with Crippen molar-refractivity contribution in [3.63, 3.8) is 0 Å². The predicted octanol–water partition coefficient (Wildman–Crippen LogP) is 16.8. The highest BCUT2D eigenvalue weighted by Crippen LogP contribution is 2.45. The number of anilines is 3. The van der Waals surface area contributed by atoms with Gasteiger partial charge in [0, 0.05) is 44.2 Å². The summed E-state index contributed by atoms with van der Waals surface area (Å²) in [5, 5.41) is 4.67. The molecule has 0 saturated carbocycles. The largest absolute Gasteiger partial charge is 0.456 e. The summed E-state index contributed by atoms with van der Waals surface area (Å²) in [5.74, 6) is 0. The lowest BCUT2D eigenvalue weighted by molar-refractivity contribution is 0.669. The molecule has 10 aromatic carbocycles. The molecule has 0 aliphatic rings. The van der Waals surface area contributed by atoms with Gasteiger partial charge in [0.25, 0.3) is 0 Å². The number of rotatable bonds is 8. The van der Waals surface area contributed by atoms with E-state index in [1.807, 2.05) is 12.1 Å². The monoisotopic (exact) mass is 804 g/mol. The van der Waals surface area contributed by atoms with Crippen molar-refractivity contribution in [1.82, 2.24) is 4.57 Å². The molecule has 0 unspecified atom stereocenters. The number of aromatic nitrogens is 1. The van der Waals surface area contributed by atoms with Gasteiger partial charge < -0.3 is 13.9 Å². The average molecular weight is 805 g/mol. The molecule has 2 aromatic heterocycles. The number of fused-ring (bicyclic) bond motifs is 6. The minimum absolute atomic E-state index is 0.892. The molecule has 3 heteroatoms. The molecule has 0 saturated heterocycles. The topological polar surface area (TPSA) is 21.3 Å². The van der Waals surface area contributed by atoms with Gasteiger partial charge in [-0.2, -0.15) is 0 Å². The van der Waals surface area contributed by atoms with Gasteiger partial charge in [0.15, 0.2) is 0 Å². The van der Waals surface area contributed by atoms with Gasteiger partial charge in [-0.1, -0.05) is 176 Å². The van der Waals surface area contributed by atoms with Crippen LogP contribution < -0.4 is 4.90 Å². The normalized spacial score (nSPS) is 11.5. The first kappa shape index (κ1) is 36.5. The molecule has 0 aliphatic heterocycles. The Labute approximate surface area is 366 Å². The quantitative estimate of drug-likeness (QED) is 0.153. The zero-order valence-electron chi connectivity index (χ0n) is 34.4. The molecule has 0 atom stereocenters. The molecular weight excluding hydrogens is 765 g/mol. The van der Waals surface area contributed by atoms with E-state index in [-0.39, 0.29) is 0 Å². The van der Waals surface area contributed by atoms with Crippen LogP contribution in [-0.2, 0) is 0 Å². The van der Waals surface area contributed by atoms with Crippen molar-refractivity contribution in [1.29, 1.82) is 0 Å². The standard InChI is InChI=1S/C60H40N2O/c1-3-15-41(16-4-1)42-29-31-43(32-30-42)44-33-35-47(36-34-44)61(55-25-10-7-21-50(55)45-17-5-2-6-18-45)48-20-13-19-46(39-48)51-24-14-27-57-60(51)53-23-8-11-26-56(53)62(57)49-37-38-59-54(40-49)52-22-9-12-28-58(52)63-59/h1-40H. The van der Waals surface area contributed by atoms with Crippen LogP contribution in [0.15, 0.2) is 247 Å². The van der Waals surface area contributed by atoms with E-state index in [9.17, 15) is 0 Å². The maximum Gasteiger partial charge on any atom is 0.135 e. The summed E-state index contributed by atoms with van der Waals surface area (Å²) in [4.78, 5) is 2.40. The maximum atomic E-state index is 6.23. The summed E-state index contributed by atoms with van der Waals surface area (Å²) in [6.45, 7) is 0. The van der Waals surface area contributed by atoms with Crippen LogP contribution >= 0.6 is 0 Å². The second kappa shape index (κ2) is 15.3. The van der Waals surface area contributed by atoms with Crippen molar-refractivity contribution in [3.05, 3.63) is 243 Å². The first-order chi connectivity index (χ1) is 31.2. The summed E-state index contributed by atoms with van der Waals surface area (Å²) < 4.78 is 8.64.